The predicted octanol–water partition coefficient (Wildman–Crippen LogP) is 6.86. The van der Waals surface area contributed by atoms with E-state index in [2.05, 4.69) is 0 Å². The summed E-state index contributed by atoms with van der Waals surface area (Å²) in [6, 6.07) is 29.4. The van der Waals surface area contributed by atoms with Crippen molar-refractivity contribution in [1.29, 1.82) is 0 Å². The number of ether oxygens (including phenoxy) is 1. The van der Waals surface area contributed by atoms with Gasteiger partial charge in [-0.1, -0.05) is 72.3 Å². The number of nitrogens with zero attached hydrogens (tertiary/aromatic N) is 3. The van der Waals surface area contributed by atoms with Crippen LogP contribution in [0.15, 0.2) is 91.0 Å². The molecule has 1 aromatic heterocycles. The van der Waals surface area contributed by atoms with Crippen LogP contribution in [-0.2, 0) is 17.9 Å². The largest absolute Gasteiger partial charge is 0.484 e. The number of rotatable bonds is 7. The quantitative estimate of drug-likeness (QED) is 0.254. The van der Waals surface area contributed by atoms with Crippen LogP contribution in [0.25, 0.3) is 21.8 Å². The molecule has 0 unspecified atom stereocenters. The van der Waals surface area contributed by atoms with Gasteiger partial charge in [-0.3, -0.25) is 4.79 Å². The Labute approximate surface area is 209 Å². The second-order valence-electron chi connectivity index (χ2n) is 8.68. The van der Waals surface area contributed by atoms with E-state index in [0.717, 1.165) is 27.5 Å². The van der Waals surface area contributed by atoms with E-state index in [1.54, 1.807) is 0 Å². The number of benzene rings is 4. The minimum Gasteiger partial charge on any atom is -0.484 e. The minimum absolute atomic E-state index is 0.00999. The lowest BCUT2D eigenvalue weighted by Crippen LogP contribution is -2.39. The van der Waals surface area contributed by atoms with E-state index in [0.29, 0.717) is 16.6 Å². The van der Waals surface area contributed by atoms with Crippen LogP contribution in [0.5, 0.6) is 5.75 Å². The second kappa shape index (κ2) is 9.80. The van der Waals surface area contributed by atoms with Crippen LogP contribution in [0.4, 0.5) is 5.69 Å². The predicted molar refractivity (Wildman–Crippen MR) is 142 cm³/mol. The summed E-state index contributed by atoms with van der Waals surface area (Å²) in [5.74, 6) is 1.24. The van der Waals surface area contributed by atoms with Gasteiger partial charge in [-0.05, 0) is 49.6 Å². The van der Waals surface area contributed by atoms with Crippen molar-refractivity contribution in [2.45, 2.75) is 33.0 Å². The van der Waals surface area contributed by atoms with Crippen molar-refractivity contribution in [3.63, 3.8) is 0 Å². The molecule has 0 bridgehead atoms. The molecular formula is C29H26ClN3O2. The molecule has 5 nitrogen and oxygen atoms in total. The van der Waals surface area contributed by atoms with Crippen LogP contribution in [0.3, 0.4) is 0 Å². The number of aromatic nitrogens is 2. The van der Waals surface area contributed by atoms with Crippen molar-refractivity contribution < 1.29 is 9.53 Å². The number of carbonyl (C=O) groups excluding carboxylic acids is 1. The molecule has 5 aromatic rings. The first-order valence-corrected chi connectivity index (χ1v) is 12.0. The van der Waals surface area contributed by atoms with E-state index in [4.69, 9.17) is 21.3 Å². The van der Waals surface area contributed by atoms with Gasteiger partial charge in [0.15, 0.2) is 0 Å². The molecule has 0 aliphatic rings. The number of para-hydroxylation sites is 3. The smallest absolute Gasteiger partial charge is 0.247 e. The first kappa shape index (κ1) is 22.9. The second-order valence-corrected chi connectivity index (χ2v) is 9.06. The molecule has 0 radical (unpaired) electrons. The lowest BCUT2D eigenvalue weighted by Gasteiger charge is -2.27. The van der Waals surface area contributed by atoms with Gasteiger partial charge >= 0.3 is 0 Å². The van der Waals surface area contributed by atoms with E-state index in [9.17, 15) is 4.79 Å². The molecule has 176 valence electrons. The summed E-state index contributed by atoms with van der Waals surface area (Å²) in [7, 11) is 0. The van der Waals surface area contributed by atoms with Gasteiger partial charge in [0.25, 0.3) is 0 Å². The van der Waals surface area contributed by atoms with E-state index in [1.807, 2.05) is 114 Å². The highest BCUT2D eigenvalue weighted by atomic mass is 35.5. The fourth-order valence-corrected chi connectivity index (χ4v) is 4.70. The molecule has 0 spiro atoms. The first-order chi connectivity index (χ1) is 17.0. The van der Waals surface area contributed by atoms with Gasteiger partial charge in [0.2, 0.25) is 5.91 Å². The first-order valence-electron chi connectivity index (χ1n) is 11.6. The highest BCUT2D eigenvalue weighted by molar-refractivity contribution is 6.37. The standard InChI is InChI=1S/C29H26ClN3O2/c1-20(2)33(22-11-4-3-5-12-22)28(34)18-32-25-15-9-8-14-24(25)31-27(32)19-35-26-17-16-21-10-6-7-13-23(21)29(26)30/h3-17,20H,18-19H2,1-2H3. The zero-order valence-electron chi connectivity index (χ0n) is 19.7. The molecule has 6 heteroatoms. The van der Waals surface area contributed by atoms with Crippen molar-refractivity contribution in [1.82, 2.24) is 9.55 Å². The Morgan fingerprint density at radius 1 is 0.943 bits per heavy atom. The lowest BCUT2D eigenvalue weighted by atomic mass is 10.1. The van der Waals surface area contributed by atoms with Gasteiger partial charge in [0, 0.05) is 17.1 Å². The Hall–Kier alpha value is -3.83. The number of anilines is 1. The van der Waals surface area contributed by atoms with Gasteiger partial charge in [-0.15, -0.1) is 0 Å². The molecule has 35 heavy (non-hydrogen) atoms. The number of halogens is 1. The Balaban J connectivity index is 1.46. The van der Waals surface area contributed by atoms with Gasteiger partial charge in [0.05, 0.1) is 16.1 Å². The molecule has 1 amide bonds. The Morgan fingerprint density at radius 3 is 2.46 bits per heavy atom. The van der Waals surface area contributed by atoms with Crippen LogP contribution in [0, 0.1) is 0 Å². The van der Waals surface area contributed by atoms with Crippen molar-refractivity contribution in [3.05, 3.63) is 102 Å². The van der Waals surface area contributed by atoms with Crippen LogP contribution < -0.4 is 9.64 Å². The summed E-state index contributed by atoms with van der Waals surface area (Å²) in [6.45, 7) is 4.37. The van der Waals surface area contributed by atoms with Crippen LogP contribution >= 0.6 is 11.6 Å². The fourth-order valence-electron chi connectivity index (χ4n) is 4.41. The van der Waals surface area contributed by atoms with Crippen molar-refractivity contribution in [2.24, 2.45) is 0 Å². The maximum atomic E-state index is 13.5. The average Bonchev–Trinajstić information content (AvgIpc) is 3.21. The maximum absolute atomic E-state index is 13.5. The van der Waals surface area contributed by atoms with Crippen molar-refractivity contribution in [3.8, 4) is 5.75 Å². The highest BCUT2D eigenvalue weighted by Crippen LogP contribution is 2.33. The van der Waals surface area contributed by atoms with E-state index in [-0.39, 0.29) is 25.1 Å². The summed E-state index contributed by atoms with van der Waals surface area (Å²) in [5.41, 5.74) is 2.58. The SMILES string of the molecule is CC(C)N(C(=O)Cn1c(COc2ccc3ccccc3c2Cl)nc2ccccc21)c1ccccc1. The molecule has 0 aliphatic heterocycles. The van der Waals surface area contributed by atoms with E-state index in [1.165, 1.54) is 0 Å². The Morgan fingerprint density at radius 2 is 1.66 bits per heavy atom. The van der Waals surface area contributed by atoms with Crippen LogP contribution in [0.1, 0.15) is 19.7 Å². The molecule has 4 aromatic carbocycles. The fraction of sp³-hybridized carbons (Fsp3) is 0.172. The highest BCUT2D eigenvalue weighted by Gasteiger charge is 2.22. The van der Waals surface area contributed by atoms with Gasteiger partial charge < -0.3 is 14.2 Å². The molecule has 0 aliphatic carbocycles. The molecule has 0 N–H and O–H groups in total. The number of hydrogen-bond acceptors (Lipinski definition) is 3. The number of imidazole rings is 1. The number of fused-ring (bicyclic) bond motifs is 2. The summed E-state index contributed by atoms with van der Waals surface area (Å²) in [4.78, 5) is 20.1. The normalized spacial score (nSPS) is 11.3. The summed E-state index contributed by atoms with van der Waals surface area (Å²) < 4.78 is 8.07. The summed E-state index contributed by atoms with van der Waals surface area (Å²) in [6.07, 6.45) is 0. The van der Waals surface area contributed by atoms with E-state index >= 15 is 0 Å². The molecule has 0 atom stereocenters. The average molecular weight is 484 g/mol. The molecule has 1 heterocycles. The summed E-state index contributed by atoms with van der Waals surface area (Å²) in [5, 5.41) is 2.56. The molecule has 5 rings (SSSR count). The molecular weight excluding hydrogens is 458 g/mol. The zero-order valence-corrected chi connectivity index (χ0v) is 20.4. The third kappa shape index (κ3) is 4.60. The van der Waals surface area contributed by atoms with E-state index < -0.39 is 0 Å². The monoisotopic (exact) mass is 483 g/mol. The lowest BCUT2D eigenvalue weighted by molar-refractivity contribution is -0.119. The number of hydrogen-bond donors (Lipinski definition) is 0. The Bertz CT molecular complexity index is 1490. The molecule has 0 saturated heterocycles. The van der Waals surface area contributed by atoms with Crippen molar-refractivity contribution in [2.75, 3.05) is 4.90 Å². The summed E-state index contributed by atoms with van der Waals surface area (Å²) >= 11 is 6.64. The number of carbonyl (C=O) groups is 1. The number of amides is 1. The van der Waals surface area contributed by atoms with Crippen molar-refractivity contribution >= 4 is 45.0 Å². The van der Waals surface area contributed by atoms with Gasteiger partial charge in [-0.2, -0.15) is 0 Å². The van der Waals surface area contributed by atoms with Crippen LogP contribution in [0.2, 0.25) is 5.02 Å². The third-order valence-corrected chi connectivity index (χ3v) is 6.42. The zero-order chi connectivity index (χ0) is 24.4. The molecule has 0 fully saturated rings. The molecule has 0 saturated carbocycles. The Kier molecular flexibility index (Phi) is 6.43. The topological polar surface area (TPSA) is 47.4 Å². The van der Waals surface area contributed by atoms with Gasteiger partial charge in [-0.25, -0.2) is 4.98 Å². The maximum Gasteiger partial charge on any atom is 0.247 e. The minimum atomic E-state index is -0.0145. The van der Waals surface area contributed by atoms with Crippen LogP contribution in [-0.4, -0.2) is 21.5 Å². The van der Waals surface area contributed by atoms with Gasteiger partial charge in [0.1, 0.15) is 24.7 Å². The third-order valence-electron chi connectivity index (χ3n) is 6.03.